The first kappa shape index (κ1) is 39.6. The molecule has 0 aromatic carbocycles. The molecule has 6 heteroatoms. The Bertz CT molecular complexity index is 780. The van der Waals surface area contributed by atoms with Gasteiger partial charge < -0.3 is 19.7 Å². The van der Waals surface area contributed by atoms with Crippen LogP contribution in [0.2, 0.25) is 0 Å². The lowest BCUT2D eigenvalue weighted by atomic mass is 10.1. The van der Waals surface area contributed by atoms with Crippen molar-refractivity contribution in [3.8, 4) is 0 Å². The van der Waals surface area contributed by atoms with Crippen molar-refractivity contribution in [3.05, 3.63) is 60.8 Å². The number of esters is 2. The first-order valence-corrected chi connectivity index (χ1v) is 16.4. The number of carbonyl (C=O) groups excluding carboxylic acids is 2. The summed E-state index contributed by atoms with van der Waals surface area (Å²) in [5, 5.41) is 19.6. The van der Waals surface area contributed by atoms with Crippen LogP contribution in [0, 0.1) is 0 Å². The molecule has 2 N–H and O–H groups in total. The lowest BCUT2D eigenvalue weighted by molar-refractivity contribution is -0.152. The first-order valence-electron chi connectivity index (χ1n) is 16.4. The Labute approximate surface area is 256 Å². The highest BCUT2D eigenvalue weighted by molar-refractivity contribution is 5.69. The largest absolute Gasteiger partial charge is 0.463 e. The first-order chi connectivity index (χ1) is 20.5. The Morgan fingerprint density at radius 1 is 0.619 bits per heavy atom. The number of aliphatic hydroxyl groups excluding tert-OH is 2. The highest BCUT2D eigenvalue weighted by Gasteiger charge is 2.11. The summed E-state index contributed by atoms with van der Waals surface area (Å²) in [6.07, 6.45) is 36.1. The molecular weight excluding hydrogens is 528 g/mol. The molecule has 0 saturated heterocycles. The van der Waals surface area contributed by atoms with Crippen LogP contribution < -0.4 is 0 Å². The van der Waals surface area contributed by atoms with Crippen LogP contribution in [-0.2, 0) is 19.1 Å². The van der Waals surface area contributed by atoms with Crippen molar-refractivity contribution in [1.82, 2.24) is 0 Å². The lowest BCUT2D eigenvalue weighted by Crippen LogP contribution is -2.25. The summed E-state index contributed by atoms with van der Waals surface area (Å²) >= 11 is 0. The molecule has 240 valence electrons. The topological polar surface area (TPSA) is 93.1 Å². The third-order valence-electron chi connectivity index (χ3n) is 6.59. The summed E-state index contributed by atoms with van der Waals surface area (Å²) in [5.41, 5.74) is 0. The monoisotopic (exact) mass is 588 g/mol. The summed E-state index contributed by atoms with van der Waals surface area (Å²) in [6.45, 7) is 3.97. The molecule has 0 radical (unpaired) electrons. The molecule has 6 nitrogen and oxygen atoms in total. The molecule has 0 rings (SSSR count). The van der Waals surface area contributed by atoms with E-state index in [9.17, 15) is 19.8 Å². The van der Waals surface area contributed by atoms with E-state index >= 15 is 0 Å². The predicted molar refractivity (Wildman–Crippen MR) is 174 cm³/mol. The Hall–Kier alpha value is -2.44. The summed E-state index contributed by atoms with van der Waals surface area (Å²) in [7, 11) is 0. The van der Waals surface area contributed by atoms with E-state index in [1.54, 1.807) is 0 Å². The van der Waals surface area contributed by atoms with Gasteiger partial charge in [-0.15, -0.1) is 0 Å². The summed E-state index contributed by atoms with van der Waals surface area (Å²) < 4.78 is 10.2. The van der Waals surface area contributed by atoms with Gasteiger partial charge in [-0.05, 0) is 44.9 Å². The minimum atomic E-state index is -0.996. The van der Waals surface area contributed by atoms with E-state index in [0.29, 0.717) is 19.3 Å². The Balaban J connectivity index is 3.64. The number of hydrogen-bond acceptors (Lipinski definition) is 6. The molecule has 0 aliphatic carbocycles. The normalized spacial score (nSPS) is 13.7. The van der Waals surface area contributed by atoms with Gasteiger partial charge in [-0.1, -0.05) is 132 Å². The Morgan fingerprint density at radius 3 is 1.76 bits per heavy atom. The van der Waals surface area contributed by atoms with Crippen LogP contribution in [0.15, 0.2) is 60.8 Å². The van der Waals surface area contributed by atoms with Gasteiger partial charge in [0.1, 0.15) is 19.3 Å². The zero-order valence-electron chi connectivity index (χ0n) is 26.6. The van der Waals surface area contributed by atoms with Gasteiger partial charge in [0.2, 0.25) is 0 Å². The second-order valence-electron chi connectivity index (χ2n) is 10.8. The van der Waals surface area contributed by atoms with E-state index in [1.807, 2.05) is 37.3 Å². The molecule has 0 spiro atoms. The van der Waals surface area contributed by atoms with Gasteiger partial charge in [0.15, 0.2) is 0 Å². The average Bonchev–Trinajstić information content (AvgIpc) is 2.98. The van der Waals surface area contributed by atoms with E-state index in [1.165, 1.54) is 44.9 Å². The number of hydrogen-bond donors (Lipinski definition) is 2. The summed E-state index contributed by atoms with van der Waals surface area (Å²) in [6, 6.07) is 0. The SMILES string of the molecule is CC/C=C\C(O)C/C=C/C=C\C/C=C\C/C=C\CCCC(=O)OC[C@H](O)COC(=O)CCCCCCCCCCCC. The third-order valence-corrected chi connectivity index (χ3v) is 6.59. The number of unbranched alkanes of at least 4 members (excludes halogenated alkanes) is 10. The van der Waals surface area contributed by atoms with Gasteiger partial charge in [0.25, 0.3) is 0 Å². The van der Waals surface area contributed by atoms with Crippen LogP contribution in [0.4, 0.5) is 0 Å². The van der Waals surface area contributed by atoms with Crippen LogP contribution in [0.3, 0.4) is 0 Å². The van der Waals surface area contributed by atoms with Gasteiger partial charge in [0, 0.05) is 12.8 Å². The van der Waals surface area contributed by atoms with Crippen molar-refractivity contribution in [3.63, 3.8) is 0 Å². The van der Waals surface area contributed by atoms with Gasteiger partial charge in [-0.3, -0.25) is 9.59 Å². The molecule has 42 heavy (non-hydrogen) atoms. The minimum Gasteiger partial charge on any atom is -0.463 e. The van der Waals surface area contributed by atoms with E-state index < -0.39 is 12.2 Å². The van der Waals surface area contributed by atoms with Gasteiger partial charge in [-0.2, -0.15) is 0 Å². The molecule has 0 aliphatic heterocycles. The number of allylic oxidation sites excluding steroid dienone is 8. The fraction of sp³-hybridized carbons (Fsp3) is 0.667. The van der Waals surface area contributed by atoms with E-state index in [0.717, 1.165) is 44.9 Å². The van der Waals surface area contributed by atoms with Crippen LogP contribution in [-0.4, -0.2) is 47.6 Å². The Kier molecular flexibility index (Phi) is 29.7. The standard InChI is InChI=1S/C36H60O6/c1-3-5-7-8-9-10-16-19-22-25-29-35(39)41-31-34(38)32-42-36(40)30-26-23-20-17-14-12-11-13-15-18-21-24-28-33(37)27-6-4-2/h6,11-12,15,17-18,20-21,24,27,33-34,37-38H,3-5,7-10,13-14,16,19,22-23,25-26,28-32H2,1-2H3/b12-11-,18-15-,20-17-,24-21+,27-6-/t33?,34-/m1/s1. The van der Waals surface area contributed by atoms with Gasteiger partial charge in [0.05, 0.1) is 6.10 Å². The molecule has 0 heterocycles. The zero-order chi connectivity index (χ0) is 30.9. The highest BCUT2D eigenvalue weighted by atomic mass is 16.6. The molecule has 2 atom stereocenters. The van der Waals surface area contributed by atoms with Crippen molar-refractivity contribution < 1.29 is 29.3 Å². The average molecular weight is 589 g/mol. The fourth-order valence-electron chi connectivity index (χ4n) is 4.08. The number of carbonyl (C=O) groups is 2. The maximum Gasteiger partial charge on any atom is 0.305 e. The third kappa shape index (κ3) is 30.5. The zero-order valence-corrected chi connectivity index (χ0v) is 26.6. The van der Waals surface area contributed by atoms with Crippen LogP contribution in [0.1, 0.15) is 129 Å². The second kappa shape index (κ2) is 31.5. The predicted octanol–water partition coefficient (Wildman–Crippen LogP) is 8.64. The summed E-state index contributed by atoms with van der Waals surface area (Å²) in [4.78, 5) is 23.7. The van der Waals surface area contributed by atoms with Crippen molar-refractivity contribution in [2.45, 2.75) is 142 Å². The second-order valence-corrected chi connectivity index (χ2v) is 10.8. The molecule has 0 amide bonds. The van der Waals surface area contributed by atoms with Gasteiger partial charge >= 0.3 is 11.9 Å². The molecule has 1 unspecified atom stereocenters. The number of rotatable bonds is 28. The van der Waals surface area contributed by atoms with Gasteiger partial charge in [-0.25, -0.2) is 0 Å². The molecule has 0 aliphatic rings. The fourth-order valence-corrected chi connectivity index (χ4v) is 4.08. The summed E-state index contributed by atoms with van der Waals surface area (Å²) in [5.74, 6) is -0.662. The number of aliphatic hydroxyl groups is 2. The molecular formula is C36H60O6. The van der Waals surface area contributed by atoms with E-state index in [2.05, 4.69) is 37.3 Å². The molecule has 0 bridgehead atoms. The molecule has 0 aromatic rings. The van der Waals surface area contributed by atoms with Crippen molar-refractivity contribution in [2.75, 3.05) is 13.2 Å². The minimum absolute atomic E-state index is 0.145. The van der Waals surface area contributed by atoms with Crippen molar-refractivity contribution >= 4 is 11.9 Å². The van der Waals surface area contributed by atoms with Crippen LogP contribution in [0.5, 0.6) is 0 Å². The molecule has 0 fully saturated rings. The van der Waals surface area contributed by atoms with Crippen LogP contribution >= 0.6 is 0 Å². The quantitative estimate of drug-likeness (QED) is 0.0411. The maximum atomic E-state index is 11.9. The lowest BCUT2D eigenvalue weighted by Gasteiger charge is -2.12. The Morgan fingerprint density at radius 2 is 1.14 bits per heavy atom. The smallest absolute Gasteiger partial charge is 0.305 e. The molecule has 0 aromatic heterocycles. The number of ether oxygens (including phenoxy) is 2. The molecule has 0 saturated carbocycles. The highest BCUT2D eigenvalue weighted by Crippen LogP contribution is 2.11. The maximum absolute atomic E-state index is 11.9. The van der Waals surface area contributed by atoms with Crippen molar-refractivity contribution in [1.29, 1.82) is 0 Å². The van der Waals surface area contributed by atoms with E-state index in [-0.39, 0.29) is 31.6 Å². The van der Waals surface area contributed by atoms with Crippen molar-refractivity contribution in [2.24, 2.45) is 0 Å². The van der Waals surface area contributed by atoms with E-state index in [4.69, 9.17) is 9.47 Å². The van der Waals surface area contributed by atoms with Crippen LogP contribution in [0.25, 0.3) is 0 Å².